The van der Waals surface area contributed by atoms with Gasteiger partial charge in [0.2, 0.25) is 11.8 Å². The minimum atomic E-state index is -4.48. The number of alkyl halides is 1. The molecule has 2 aliphatic heterocycles. The maximum atomic E-state index is 15.2. The first-order valence-electron chi connectivity index (χ1n) is 15.7. The summed E-state index contributed by atoms with van der Waals surface area (Å²) >= 11 is 0. The summed E-state index contributed by atoms with van der Waals surface area (Å²) in [5, 5.41) is 3.66. The number of anilines is 2. The van der Waals surface area contributed by atoms with Crippen molar-refractivity contribution in [3.8, 4) is 22.9 Å². The van der Waals surface area contributed by atoms with E-state index in [9.17, 15) is 22.4 Å². The molecule has 2 N–H and O–H groups in total. The van der Waals surface area contributed by atoms with Crippen molar-refractivity contribution in [3.05, 3.63) is 66.2 Å². The van der Waals surface area contributed by atoms with Crippen molar-refractivity contribution in [1.82, 2.24) is 24.2 Å². The lowest BCUT2D eigenvalue weighted by Crippen LogP contribution is -2.51. The molecule has 0 saturated carbocycles. The Labute approximate surface area is 286 Å². The number of ether oxygens (including phenoxy) is 3. The number of nitrogens with one attached hydrogen (secondary N) is 2. The maximum Gasteiger partial charge on any atom is 0.425 e. The first kappa shape index (κ1) is 34.5. The molecule has 2 fully saturated rings. The van der Waals surface area contributed by atoms with Crippen LogP contribution in [-0.4, -0.2) is 88.8 Å². The molecule has 4 aromatic rings. The summed E-state index contributed by atoms with van der Waals surface area (Å²) in [6.07, 6.45) is 0.226. The summed E-state index contributed by atoms with van der Waals surface area (Å²) in [7, 11) is -4.48. The van der Waals surface area contributed by atoms with E-state index in [0.717, 1.165) is 6.07 Å². The second-order valence-electron chi connectivity index (χ2n) is 12.8. The van der Waals surface area contributed by atoms with E-state index in [-0.39, 0.29) is 61.3 Å². The van der Waals surface area contributed by atoms with Crippen molar-refractivity contribution >= 4 is 44.8 Å². The molecule has 2 amide bonds. The van der Waals surface area contributed by atoms with Crippen LogP contribution in [0.25, 0.3) is 22.0 Å². The van der Waals surface area contributed by atoms with E-state index < -0.39 is 46.0 Å². The van der Waals surface area contributed by atoms with Gasteiger partial charge in [-0.15, -0.1) is 0 Å². The number of likely N-dealkylation sites (tertiary alicyclic amines) is 1. The summed E-state index contributed by atoms with van der Waals surface area (Å²) in [6, 6.07) is 10.3. The SMILES string of the molecule is Cc1ccc2c(NS(=O)(=O)N3CCOC3=O)c(F)ccc2c1Oc1ncccc1-c1ccnc(NC2CC(F)CN(C(=O)OC(C)(C)C)C2)n1. The Morgan fingerprint density at radius 2 is 1.84 bits per heavy atom. The van der Waals surface area contributed by atoms with E-state index in [1.54, 1.807) is 58.0 Å². The lowest BCUT2D eigenvalue weighted by molar-refractivity contribution is 0.0124. The van der Waals surface area contributed by atoms with Gasteiger partial charge in [0.15, 0.2) is 0 Å². The number of benzene rings is 2. The van der Waals surface area contributed by atoms with Crippen LogP contribution in [0.15, 0.2) is 54.9 Å². The number of pyridine rings is 1. The number of fused-ring (bicyclic) bond motifs is 1. The summed E-state index contributed by atoms with van der Waals surface area (Å²) in [5.74, 6) is -0.267. The number of cyclic esters (lactones) is 1. The molecule has 14 nitrogen and oxygen atoms in total. The van der Waals surface area contributed by atoms with E-state index >= 15 is 4.39 Å². The van der Waals surface area contributed by atoms with Gasteiger partial charge in [-0.25, -0.2) is 33.3 Å². The highest BCUT2D eigenvalue weighted by Gasteiger charge is 2.35. The van der Waals surface area contributed by atoms with E-state index in [1.807, 2.05) is 0 Å². The Morgan fingerprint density at radius 3 is 2.58 bits per heavy atom. The Kier molecular flexibility index (Phi) is 9.35. The number of halogens is 2. The highest BCUT2D eigenvalue weighted by molar-refractivity contribution is 7.91. The van der Waals surface area contributed by atoms with Gasteiger partial charge in [0, 0.05) is 42.2 Å². The van der Waals surface area contributed by atoms with E-state index in [4.69, 9.17) is 14.2 Å². The average molecular weight is 712 g/mol. The monoisotopic (exact) mass is 711 g/mol. The molecule has 17 heteroatoms. The van der Waals surface area contributed by atoms with Crippen molar-refractivity contribution in [2.75, 3.05) is 36.3 Å². The third-order valence-corrected chi connectivity index (χ3v) is 9.20. The summed E-state index contributed by atoms with van der Waals surface area (Å²) in [4.78, 5) is 39.2. The third-order valence-electron chi connectivity index (χ3n) is 7.83. The van der Waals surface area contributed by atoms with Gasteiger partial charge in [-0.05, 0) is 63.6 Å². The van der Waals surface area contributed by atoms with E-state index in [0.29, 0.717) is 26.5 Å². The van der Waals surface area contributed by atoms with E-state index in [2.05, 4.69) is 25.0 Å². The zero-order chi connectivity index (χ0) is 35.8. The van der Waals surface area contributed by atoms with Crippen LogP contribution >= 0.6 is 0 Å². The van der Waals surface area contributed by atoms with Gasteiger partial charge in [0.25, 0.3) is 0 Å². The van der Waals surface area contributed by atoms with Crippen LogP contribution in [0.2, 0.25) is 0 Å². The van der Waals surface area contributed by atoms with Crippen LogP contribution in [0.4, 0.5) is 30.0 Å². The Balaban J connectivity index is 1.27. The predicted octanol–water partition coefficient (Wildman–Crippen LogP) is 5.80. The smallest absolute Gasteiger partial charge is 0.425 e. The molecule has 2 aromatic heterocycles. The fourth-order valence-electron chi connectivity index (χ4n) is 5.62. The predicted molar refractivity (Wildman–Crippen MR) is 179 cm³/mol. The maximum absolute atomic E-state index is 15.2. The minimum Gasteiger partial charge on any atom is -0.447 e. The van der Waals surface area contributed by atoms with Gasteiger partial charge >= 0.3 is 22.4 Å². The number of hydrogen-bond donors (Lipinski definition) is 2. The number of piperidine rings is 1. The number of nitrogens with zero attached hydrogens (tertiary/aromatic N) is 5. The van der Waals surface area contributed by atoms with Gasteiger partial charge in [-0.2, -0.15) is 12.7 Å². The van der Waals surface area contributed by atoms with Crippen LogP contribution in [0, 0.1) is 12.7 Å². The number of aryl methyl sites for hydroxylation is 1. The fraction of sp³-hybridized carbons (Fsp3) is 0.364. The van der Waals surface area contributed by atoms with Crippen molar-refractivity contribution in [1.29, 1.82) is 0 Å². The molecule has 0 radical (unpaired) electrons. The number of carbonyl (C=O) groups is 2. The molecule has 2 aromatic carbocycles. The molecule has 2 atom stereocenters. The highest BCUT2D eigenvalue weighted by Crippen LogP contribution is 2.40. The lowest BCUT2D eigenvalue weighted by atomic mass is 10.0. The summed E-state index contributed by atoms with van der Waals surface area (Å²) in [6.45, 7) is 6.77. The highest BCUT2D eigenvalue weighted by atomic mass is 32.2. The molecule has 2 aliphatic rings. The molecule has 50 heavy (non-hydrogen) atoms. The van der Waals surface area contributed by atoms with Crippen LogP contribution in [0.1, 0.15) is 32.8 Å². The second-order valence-corrected chi connectivity index (χ2v) is 14.4. The molecule has 264 valence electrons. The zero-order valence-corrected chi connectivity index (χ0v) is 28.5. The quantitative estimate of drug-likeness (QED) is 0.227. The Morgan fingerprint density at radius 1 is 1.06 bits per heavy atom. The van der Waals surface area contributed by atoms with Gasteiger partial charge in [0.1, 0.15) is 29.9 Å². The van der Waals surface area contributed by atoms with Crippen molar-refractivity contribution in [2.24, 2.45) is 0 Å². The number of rotatable bonds is 8. The normalized spacial score (nSPS) is 18.2. The lowest BCUT2D eigenvalue weighted by Gasteiger charge is -2.36. The largest absolute Gasteiger partial charge is 0.447 e. The number of aromatic nitrogens is 3. The van der Waals surface area contributed by atoms with E-state index in [1.165, 1.54) is 23.4 Å². The van der Waals surface area contributed by atoms with Crippen molar-refractivity contribution in [2.45, 2.75) is 51.9 Å². The molecule has 6 rings (SSSR count). The summed E-state index contributed by atoms with van der Waals surface area (Å²) in [5.41, 5.74) is 0.415. The van der Waals surface area contributed by atoms with Gasteiger partial charge in [0.05, 0.1) is 30.0 Å². The molecule has 2 saturated heterocycles. The minimum absolute atomic E-state index is 0.0783. The molecular weight excluding hydrogens is 676 g/mol. The molecule has 0 spiro atoms. The van der Waals surface area contributed by atoms with Crippen LogP contribution in [-0.2, 0) is 19.7 Å². The summed E-state index contributed by atoms with van der Waals surface area (Å²) < 4.78 is 75.0. The van der Waals surface area contributed by atoms with Crippen molar-refractivity contribution in [3.63, 3.8) is 0 Å². The zero-order valence-electron chi connectivity index (χ0n) is 27.6. The van der Waals surface area contributed by atoms with Gasteiger partial charge in [-0.3, -0.25) is 4.72 Å². The topological polar surface area (TPSA) is 165 Å². The van der Waals surface area contributed by atoms with Gasteiger partial charge < -0.3 is 24.4 Å². The van der Waals surface area contributed by atoms with Crippen LogP contribution < -0.4 is 14.8 Å². The second kappa shape index (κ2) is 13.5. The first-order chi connectivity index (χ1) is 23.7. The number of carbonyl (C=O) groups excluding carboxylic acids is 2. The number of hydrogen-bond acceptors (Lipinski definition) is 11. The average Bonchev–Trinajstić information content (AvgIpc) is 3.50. The molecule has 2 unspecified atom stereocenters. The first-order valence-corrected chi connectivity index (χ1v) is 17.2. The molecule has 4 heterocycles. The van der Waals surface area contributed by atoms with Gasteiger partial charge in [-0.1, -0.05) is 12.1 Å². The fourth-order valence-corrected chi connectivity index (χ4v) is 6.76. The standard InChI is InChI=1S/C33H35F2N7O7S/c1-19-7-8-22-23(9-10-25(35)27(22)40-50(45,46)42-14-15-47-32(42)44)28(19)48-29-24(6-5-12-36-29)26-11-13-37-30(39-26)38-21-16-20(34)17-41(18-21)31(43)49-33(2,3)4/h5-13,20-21,40H,14-18H2,1-4H3,(H,37,38,39). The Hall–Kier alpha value is -5.32. The van der Waals surface area contributed by atoms with Crippen LogP contribution in [0.5, 0.6) is 11.6 Å². The third kappa shape index (κ3) is 7.46. The molecule has 0 aliphatic carbocycles. The number of amides is 2. The Bertz CT molecular complexity index is 2060. The van der Waals surface area contributed by atoms with Crippen molar-refractivity contribution < 1.29 is 41.0 Å². The van der Waals surface area contributed by atoms with Crippen LogP contribution in [0.3, 0.4) is 0 Å². The molecule has 0 bridgehead atoms. The molecular formula is C33H35F2N7O7S.